The van der Waals surface area contributed by atoms with E-state index in [2.05, 4.69) is 30.2 Å². The Morgan fingerprint density at radius 1 is 1.19 bits per heavy atom. The third kappa shape index (κ3) is 4.23. The Balaban J connectivity index is 0.00000131. The Morgan fingerprint density at radius 3 is 2.67 bits per heavy atom. The van der Waals surface area contributed by atoms with Gasteiger partial charge in [0.25, 0.3) is 5.91 Å². The molecule has 4 rings (SSSR count). The van der Waals surface area contributed by atoms with E-state index < -0.39 is 0 Å². The number of anilines is 2. The molecule has 0 bridgehead atoms. The van der Waals surface area contributed by atoms with Crippen LogP contribution in [0.5, 0.6) is 0 Å². The number of halogens is 2. The number of hydrogen-bond acceptors (Lipinski definition) is 5. The number of rotatable bonds is 3. The highest BCUT2D eigenvalue weighted by Crippen LogP contribution is 2.30. The van der Waals surface area contributed by atoms with Crippen molar-refractivity contribution in [3.05, 3.63) is 23.4 Å². The summed E-state index contributed by atoms with van der Waals surface area (Å²) in [5.41, 5.74) is 2.24. The van der Waals surface area contributed by atoms with Crippen LogP contribution in [-0.4, -0.2) is 51.4 Å². The van der Waals surface area contributed by atoms with E-state index in [1.54, 1.807) is 0 Å². The lowest BCUT2D eigenvalue weighted by atomic mass is 10.3. The average Bonchev–Trinajstić information content (AvgIpc) is 3.29. The minimum absolute atomic E-state index is 0. The summed E-state index contributed by atoms with van der Waals surface area (Å²) in [7, 11) is 1.91. The molecule has 0 saturated carbocycles. The van der Waals surface area contributed by atoms with Gasteiger partial charge < -0.3 is 20.1 Å². The molecular formula is C17H27Cl2N7O. The number of nitrogens with zero attached hydrogens (tertiary/aromatic N) is 5. The summed E-state index contributed by atoms with van der Waals surface area (Å²) in [5, 5.41) is 11.0. The van der Waals surface area contributed by atoms with Crippen LogP contribution < -0.4 is 15.5 Å². The van der Waals surface area contributed by atoms with E-state index in [0.29, 0.717) is 5.69 Å². The maximum absolute atomic E-state index is 12.8. The van der Waals surface area contributed by atoms with Crippen molar-refractivity contribution in [2.24, 2.45) is 7.05 Å². The Morgan fingerprint density at radius 2 is 1.93 bits per heavy atom. The van der Waals surface area contributed by atoms with E-state index in [4.69, 9.17) is 0 Å². The molecule has 8 nitrogen and oxygen atoms in total. The first-order valence-corrected chi connectivity index (χ1v) is 9.00. The fourth-order valence-corrected chi connectivity index (χ4v) is 3.55. The van der Waals surface area contributed by atoms with Crippen molar-refractivity contribution in [2.45, 2.75) is 32.7 Å². The van der Waals surface area contributed by atoms with Crippen LogP contribution >= 0.6 is 24.8 Å². The van der Waals surface area contributed by atoms with Gasteiger partial charge in [0.05, 0.1) is 5.69 Å². The molecule has 0 atom stereocenters. The molecule has 0 aromatic carbocycles. The number of aryl methyl sites for hydroxylation is 1. The minimum Gasteiger partial charge on any atom is -0.353 e. The molecule has 150 valence electrons. The van der Waals surface area contributed by atoms with Crippen molar-refractivity contribution in [1.82, 2.24) is 24.6 Å². The highest BCUT2D eigenvalue weighted by molar-refractivity contribution is 6.04. The van der Waals surface area contributed by atoms with Crippen LogP contribution in [0.3, 0.4) is 0 Å². The SMILES string of the molecule is Cc1c(NC(=O)c2cn3c(n2)CCNCC3)c(N2CCCC2)nn1C.Cl.Cl. The lowest BCUT2D eigenvalue weighted by Crippen LogP contribution is -2.21. The number of nitrogens with one attached hydrogen (secondary N) is 2. The normalized spacial score (nSPS) is 16.1. The summed E-state index contributed by atoms with van der Waals surface area (Å²) < 4.78 is 3.91. The van der Waals surface area contributed by atoms with E-state index in [9.17, 15) is 4.79 Å². The maximum Gasteiger partial charge on any atom is 0.276 e. The quantitative estimate of drug-likeness (QED) is 0.798. The van der Waals surface area contributed by atoms with Gasteiger partial charge in [-0.25, -0.2) is 4.98 Å². The molecule has 1 saturated heterocycles. The summed E-state index contributed by atoms with van der Waals surface area (Å²) in [6, 6.07) is 0. The molecule has 10 heteroatoms. The number of carbonyl (C=O) groups excluding carboxylic acids is 1. The maximum atomic E-state index is 12.8. The minimum atomic E-state index is -0.162. The number of hydrogen-bond donors (Lipinski definition) is 2. The van der Waals surface area contributed by atoms with Crippen molar-refractivity contribution in [1.29, 1.82) is 0 Å². The topological polar surface area (TPSA) is 80.0 Å². The van der Waals surface area contributed by atoms with Crippen molar-refractivity contribution >= 4 is 42.2 Å². The van der Waals surface area contributed by atoms with E-state index in [-0.39, 0.29) is 30.7 Å². The van der Waals surface area contributed by atoms with Gasteiger partial charge in [0.2, 0.25) is 0 Å². The van der Waals surface area contributed by atoms with Crippen molar-refractivity contribution < 1.29 is 4.79 Å². The van der Waals surface area contributed by atoms with Crippen LogP contribution in [0.1, 0.15) is 34.8 Å². The molecule has 0 unspecified atom stereocenters. The molecule has 2 aromatic rings. The van der Waals surface area contributed by atoms with E-state index in [1.165, 1.54) is 12.8 Å². The first kappa shape index (κ1) is 21.5. The van der Waals surface area contributed by atoms with Gasteiger partial charge in [-0.2, -0.15) is 5.10 Å². The molecular weight excluding hydrogens is 389 g/mol. The summed E-state index contributed by atoms with van der Waals surface area (Å²) in [5.74, 6) is 1.68. The van der Waals surface area contributed by atoms with Crippen molar-refractivity contribution in [2.75, 3.05) is 36.4 Å². The smallest absolute Gasteiger partial charge is 0.276 e. The average molecular weight is 416 g/mol. The molecule has 2 aliphatic heterocycles. The number of fused-ring (bicyclic) bond motifs is 1. The van der Waals surface area contributed by atoms with Gasteiger partial charge in [-0.1, -0.05) is 0 Å². The molecule has 0 spiro atoms. The van der Waals surface area contributed by atoms with Crippen molar-refractivity contribution in [3.63, 3.8) is 0 Å². The largest absolute Gasteiger partial charge is 0.353 e. The predicted molar refractivity (Wildman–Crippen MR) is 111 cm³/mol. The van der Waals surface area contributed by atoms with Crippen LogP contribution in [0.2, 0.25) is 0 Å². The number of aromatic nitrogens is 4. The molecule has 0 aliphatic carbocycles. The fourth-order valence-electron chi connectivity index (χ4n) is 3.55. The molecule has 1 amide bonds. The lowest BCUT2D eigenvalue weighted by molar-refractivity contribution is 0.102. The van der Waals surface area contributed by atoms with Gasteiger partial charge in [0.15, 0.2) is 5.82 Å². The van der Waals surface area contributed by atoms with Gasteiger partial charge in [0, 0.05) is 52.4 Å². The third-order valence-electron chi connectivity index (χ3n) is 5.11. The monoisotopic (exact) mass is 415 g/mol. The third-order valence-corrected chi connectivity index (χ3v) is 5.11. The second-order valence-electron chi connectivity index (χ2n) is 6.79. The summed E-state index contributed by atoms with van der Waals surface area (Å²) in [6.45, 7) is 6.62. The predicted octanol–water partition coefficient (Wildman–Crippen LogP) is 1.77. The second-order valence-corrected chi connectivity index (χ2v) is 6.79. The lowest BCUT2D eigenvalue weighted by Gasteiger charge is -2.16. The first-order valence-electron chi connectivity index (χ1n) is 9.00. The van der Waals surface area contributed by atoms with E-state index >= 15 is 0 Å². The Hall–Kier alpha value is -1.77. The standard InChI is InChI=1S/C17H25N7O.2ClH/c1-12-15(16(21-22(12)2)23-8-3-4-9-23)20-17(25)13-11-24-10-7-18-6-5-14(24)19-13;;/h11,18H,3-10H2,1-2H3,(H,20,25);2*1H. The van der Waals surface area contributed by atoms with Crippen LogP contribution in [0.15, 0.2) is 6.20 Å². The highest BCUT2D eigenvalue weighted by Gasteiger charge is 2.24. The van der Waals surface area contributed by atoms with Gasteiger partial charge in [0.1, 0.15) is 17.2 Å². The zero-order valence-corrected chi connectivity index (χ0v) is 17.3. The Kier molecular flexibility index (Phi) is 7.13. The van der Waals surface area contributed by atoms with Crippen LogP contribution in [0.4, 0.5) is 11.5 Å². The van der Waals surface area contributed by atoms with Gasteiger partial charge in [-0.3, -0.25) is 9.48 Å². The van der Waals surface area contributed by atoms with Crippen LogP contribution in [0.25, 0.3) is 0 Å². The Bertz CT molecular complexity index is 772. The second kappa shape index (κ2) is 8.95. The molecule has 27 heavy (non-hydrogen) atoms. The van der Waals surface area contributed by atoms with E-state index in [1.807, 2.05) is 24.9 Å². The summed E-state index contributed by atoms with van der Waals surface area (Å²) >= 11 is 0. The zero-order valence-electron chi connectivity index (χ0n) is 15.7. The molecule has 4 heterocycles. The molecule has 2 aromatic heterocycles. The van der Waals surface area contributed by atoms with Crippen molar-refractivity contribution in [3.8, 4) is 0 Å². The number of imidazole rings is 1. The van der Waals surface area contributed by atoms with Gasteiger partial charge in [-0.05, 0) is 19.8 Å². The number of carbonyl (C=O) groups is 1. The van der Waals surface area contributed by atoms with Gasteiger partial charge >= 0.3 is 0 Å². The molecule has 0 radical (unpaired) electrons. The molecule has 2 aliphatic rings. The van der Waals surface area contributed by atoms with Crippen LogP contribution in [0, 0.1) is 6.92 Å². The zero-order chi connectivity index (χ0) is 17.4. The number of amides is 1. The highest BCUT2D eigenvalue weighted by atomic mass is 35.5. The fraction of sp³-hybridized carbons (Fsp3) is 0.588. The van der Waals surface area contributed by atoms with E-state index in [0.717, 1.165) is 62.2 Å². The summed E-state index contributed by atoms with van der Waals surface area (Å²) in [6.07, 6.45) is 5.05. The van der Waals surface area contributed by atoms with Crippen LogP contribution in [-0.2, 0) is 20.0 Å². The van der Waals surface area contributed by atoms with Gasteiger partial charge in [-0.15, -0.1) is 24.8 Å². The molecule has 1 fully saturated rings. The first-order chi connectivity index (χ1) is 12.1. The molecule has 2 N–H and O–H groups in total. The summed E-state index contributed by atoms with van der Waals surface area (Å²) in [4.78, 5) is 19.6. The Labute approximate surface area is 171 Å².